The average Bonchev–Trinajstić information content (AvgIpc) is 2.90. The molecule has 4 N–H and O–H groups in total. The standard InChI is InChI=1S/C12H11ClFN5/c13-9-5-6(14)1-2-7(9)10-8-3-4-17-11(8)19(18-10)12(15)16/h1-2,5,17H,3-4H2,(H3,15,16). The molecule has 1 aromatic carbocycles. The third-order valence-corrected chi connectivity index (χ3v) is 3.38. The van der Waals surface area contributed by atoms with E-state index in [-0.39, 0.29) is 5.96 Å². The first-order valence-electron chi connectivity index (χ1n) is 5.73. The Morgan fingerprint density at radius 1 is 1.53 bits per heavy atom. The number of nitrogens with zero attached hydrogens (tertiary/aromatic N) is 2. The van der Waals surface area contributed by atoms with Gasteiger partial charge < -0.3 is 11.1 Å². The van der Waals surface area contributed by atoms with Crippen LogP contribution in [-0.2, 0) is 6.42 Å². The number of aromatic nitrogens is 2. The molecule has 7 heteroatoms. The molecule has 2 heterocycles. The summed E-state index contributed by atoms with van der Waals surface area (Å²) < 4.78 is 14.4. The molecule has 0 bridgehead atoms. The van der Waals surface area contributed by atoms with Gasteiger partial charge in [0.25, 0.3) is 0 Å². The third kappa shape index (κ3) is 1.84. The van der Waals surface area contributed by atoms with Crippen molar-refractivity contribution in [3.8, 4) is 11.3 Å². The molecule has 0 spiro atoms. The van der Waals surface area contributed by atoms with E-state index >= 15 is 0 Å². The smallest absolute Gasteiger partial charge is 0.215 e. The van der Waals surface area contributed by atoms with Gasteiger partial charge in [0.2, 0.25) is 5.96 Å². The summed E-state index contributed by atoms with van der Waals surface area (Å²) in [6.45, 7) is 0.756. The highest BCUT2D eigenvalue weighted by molar-refractivity contribution is 6.33. The fraction of sp³-hybridized carbons (Fsp3) is 0.167. The summed E-state index contributed by atoms with van der Waals surface area (Å²) in [5.74, 6) is 0.146. The Kier molecular flexibility index (Phi) is 2.67. The topological polar surface area (TPSA) is 79.7 Å². The molecule has 0 amide bonds. The monoisotopic (exact) mass is 279 g/mol. The van der Waals surface area contributed by atoms with Gasteiger partial charge in [-0.15, -0.1) is 0 Å². The molecule has 0 saturated heterocycles. The molecule has 0 atom stereocenters. The van der Waals surface area contributed by atoms with Crippen molar-refractivity contribution in [3.63, 3.8) is 0 Å². The largest absolute Gasteiger partial charge is 0.369 e. The molecule has 0 unspecified atom stereocenters. The minimum atomic E-state index is -0.394. The predicted molar refractivity (Wildman–Crippen MR) is 72.1 cm³/mol. The Morgan fingerprint density at radius 3 is 3.00 bits per heavy atom. The van der Waals surface area contributed by atoms with Crippen LogP contribution in [-0.4, -0.2) is 22.3 Å². The van der Waals surface area contributed by atoms with Crippen LogP contribution >= 0.6 is 11.6 Å². The number of benzene rings is 1. The van der Waals surface area contributed by atoms with Gasteiger partial charge in [0, 0.05) is 17.7 Å². The summed E-state index contributed by atoms with van der Waals surface area (Å²) in [5.41, 5.74) is 7.72. The van der Waals surface area contributed by atoms with Gasteiger partial charge in [-0.3, -0.25) is 5.41 Å². The zero-order valence-electron chi connectivity index (χ0n) is 9.87. The van der Waals surface area contributed by atoms with Gasteiger partial charge in [0.15, 0.2) is 0 Å². The van der Waals surface area contributed by atoms with Gasteiger partial charge in [-0.2, -0.15) is 9.78 Å². The lowest BCUT2D eigenvalue weighted by Crippen LogP contribution is -2.23. The molecule has 19 heavy (non-hydrogen) atoms. The first-order valence-corrected chi connectivity index (χ1v) is 6.11. The summed E-state index contributed by atoms with van der Waals surface area (Å²) in [7, 11) is 0. The molecule has 0 fully saturated rings. The van der Waals surface area contributed by atoms with Gasteiger partial charge in [0.1, 0.15) is 11.6 Å². The molecule has 0 saturated carbocycles. The molecule has 1 aromatic heterocycles. The van der Waals surface area contributed by atoms with Crippen molar-refractivity contribution in [1.29, 1.82) is 5.41 Å². The lowest BCUT2D eigenvalue weighted by molar-refractivity contribution is 0.628. The van der Waals surface area contributed by atoms with E-state index in [0.29, 0.717) is 22.1 Å². The van der Waals surface area contributed by atoms with Gasteiger partial charge in [-0.1, -0.05) is 11.6 Å². The minimum Gasteiger partial charge on any atom is -0.369 e. The van der Waals surface area contributed by atoms with Crippen LogP contribution < -0.4 is 11.1 Å². The zero-order valence-corrected chi connectivity index (χ0v) is 10.6. The van der Waals surface area contributed by atoms with Gasteiger partial charge in [-0.25, -0.2) is 4.39 Å². The van der Waals surface area contributed by atoms with E-state index < -0.39 is 5.82 Å². The molecular weight excluding hydrogens is 269 g/mol. The van der Waals surface area contributed by atoms with Crippen LogP contribution in [0.2, 0.25) is 5.02 Å². The third-order valence-electron chi connectivity index (χ3n) is 3.07. The van der Waals surface area contributed by atoms with Crippen molar-refractivity contribution >= 4 is 23.4 Å². The van der Waals surface area contributed by atoms with Crippen LogP contribution in [0.15, 0.2) is 18.2 Å². The summed E-state index contributed by atoms with van der Waals surface area (Å²) in [6.07, 6.45) is 0.769. The fourth-order valence-corrected chi connectivity index (χ4v) is 2.50. The van der Waals surface area contributed by atoms with E-state index in [0.717, 1.165) is 18.5 Å². The number of fused-ring (bicyclic) bond motifs is 1. The number of nitrogens with one attached hydrogen (secondary N) is 2. The normalized spacial score (nSPS) is 13.2. The van der Waals surface area contributed by atoms with Crippen LogP contribution in [0.5, 0.6) is 0 Å². The van der Waals surface area contributed by atoms with E-state index in [1.54, 1.807) is 6.07 Å². The number of hydrogen-bond donors (Lipinski definition) is 3. The second-order valence-corrected chi connectivity index (χ2v) is 4.68. The predicted octanol–water partition coefficient (Wildman–Crippen LogP) is 2.05. The number of rotatable bonds is 1. The van der Waals surface area contributed by atoms with Gasteiger partial charge in [-0.05, 0) is 24.6 Å². The van der Waals surface area contributed by atoms with Crippen molar-refractivity contribution in [2.75, 3.05) is 11.9 Å². The number of anilines is 1. The van der Waals surface area contributed by atoms with E-state index in [1.807, 2.05) is 0 Å². The minimum absolute atomic E-state index is 0.171. The van der Waals surface area contributed by atoms with Crippen molar-refractivity contribution in [2.24, 2.45) is 5.73 Å². The molecule has 3 rings (SSSR count). The number of halogens is 2. The van der Waals surface area contributed by atoms with E-state index in [9.17, 15) is 4.39 Å². The maximum absolute atomic E-state index is 13.1. The first-order chi connectivity index (χ1) is 9.08. The number of nitrogen functional groups attached to an aromatic ring is 1. The summed E-state index contributed by atoms with van der Waals surface area (Å²) in [6, 6.07) is 4.17. The van der Waals surface area contributed by atoms with Crippen LogP contribution in [0, 0.1) is 11.2 Å². The van der Waals surface area contributed by atoms with E-state index in [4.69, 9.17) is 22.7 Å². The van der Waals surface area contributed by atoms with Crippen molar-refractivity contribution in [1.82, 2.24) is 9.78 Å². The molecular formula is C12H11ClFN5. The van der Waals surface area contributed by atoms with Crippen LogP contribution in [0.25, 0.3) is 11.3 Å². The molecule has 2 aromatic rings. The van der Waals surface area contributed by atoms with Crippen LogP contribution in [0.1, 0.15) is 5.56 Å². The second kappa shape index (κ2) is 4.24. The molecule has 1 aliphatic rings. The lowest BCUT2D eigenvalue weighted by Gasteiger charge is -2.03. The highest BCUT2D eigenvalue weighted by atomic mass is 35.5. The quantitative estimate of drug-likeness (QED) is 0.552. The summed E-state index contributed by atoms with van der Waals surface area (Å²) in [5, 5.41) is 15.2. The average molecular weight is 280 g/mol. The van der Waals surface area contributed by atoms with Crippen LogP contribution in [0.4, 0.5) is 10.2 Å². The maximum atomic E-state index is 13.1. The molecule has 98 valence electrons. The molecule has 0 radical (unpaired) electrons. The Labute approximate surface area is 113 Å². The van der Waals surface area contributed by atoms with E-state index in [2.05, 4.69) is 10.4 Å². The Hall–Kier alpha value is -2.08. The first kappa shape index (κ1) is 12.0. The van der Waals surface area contributed by atoms with Gasteiger partial charge >= 0.3 is 0 Å². The van der Waals surface area contributed by atoms with E-state index in [1.165, 1.54) is 16.8 Å². The SMILES string of the molecule is N=C(N)n1nc(-c2ccc(F)cc2Cl)c2c1NCC2. The summed E-state index contributed by atoms with van der Waals surface area (Å²) in [4.78, 5) is 0. The zero-order chi connectivity index (χ0) is 13.6. The Bertz CT molecular complexity index is 679. The van der Waals surface area contributed by atoms with Crippen molar-refractivity contribution in [3.05, 3.63) is 34.6 Å². The van der Waals surface area contributed by atoms with Gasteiger partial charge in [0.05, 0.1) is 10.7 Å². The van der Waals surface area contributed by atoms with Crippen molar-refractivity contribution < 1.29 is 4.39 Å². The van der Waals surface area contributed by atoms with Crippen LogP contribution in [0.3, 0.4) is 0 Å². The molecule has 5 nitrogen and oxygen atoms in total. The molecule has 0 aliphatic carbocycles. The Balaban J connectivity index is 2.21. The lowest BCUT2D eigenvalue weighted by atomic mass is 10.1. The summed E-state index contributed by atoms with van der Waals surface area (Å²) >= 11 is 6.06. The highest BCUT2D eigenvalue weighted by Crippen LogP contribution is 2.36. The molecule has 1 aliphatic heterocycles. The number of hydrogen-bond acceptors (Lipinski definition) is 3. The fourth-order valence-electron chi connectivity index (χ4n) is 2.25. The second-order valence-electron chi connectivity index (χ2n) is 4.27. The highest BCUT2D eigenvalue weighted by Gasteiger charge is 2.25. The number of nitrogens with two attached hydrogens (primary N) is 1. The van der Waals surface area contributed by atoms with Crippen molar-refractivity contribution in [2.45, 2.75) is 6.42 Å². The maximum Gasteiger partial charge on any atom is 0.215 e. The Morgan fingerprint density at radius 2 is 2.32 bits per heavy atom.